The van der Waals surface area contributed by atoms with Gasteiger partial charge in [-0.2, -0.15) is 0 Å². The molecule has 0 bridgehead atoms. The van der Waals surface area contributed by atoms with E-state index in [2.05, 4.69) is 181 Å². The summed E-state index contributed by atoms with van der Waals surface area (Å²) in [5.74, 6) is 0. The molecule has 0 aliphatic rings. The van der Waals surface area contributed by atoms with Crippen molar-refractivity contribution in [3.8, 4) is 33.6 Å². The van der Waals surface area contributed by atoms with Crippen molar-refractivity contribution in [3.63, 3.8) is 0 Å². The van der Waals surface area contributed by atoms with Gasteiger partial charge < -0.3 is 9.32 Å². The van der Waals surface area contributed by atoms with Crippen LogP contribution in [0.15, 0.2) is 205 Å². The molecule has 11 aromatic rings. The van der Waals surface area contributed by atoms with E-state index < -0.39 is 0 Å². The summed E-state index contributed by atoms with van der Waals surface area (Å²) in [4.78, 5) is 13.2. The molecule has 262 valence electrons. The molecule has 0 unspecified atom stereocenters. The zero-order chi connectivity index (χ0) is 37.0. The van der Waals surface area contributed by atoms with Crippen LogP contribution in [-0.4, -0.2) is 9.97 Å². The fraction of sp³-hybridized carbons (Fsp3) is 0. The lowest BCUT2D eigenvalue weighted by atomic mass is 9.97. The molecule has 11 rings (SSSR count). The molecular formula is C52H33N3O. The maximum Gasteiger partial charge on any atom is 0.135 e. The van der Waals surface area contributed by atoms with Crippen molar-refractivity contribution in [2.75, 3.05) is 4.90 Å². The van der Waals surface area contributed by atoms with Crippen LogP contribution in [0, 0.1) is 0 Å². The average Bonchev–Trinajstić information content (AvgIpc) is 3.65. The van der Waals surface area contributed by atoms with E-state index in [9.17, 15) is 0 Å². The third-order valence-electron chi connectivity index (χ3n) is 10.8. The maximum absolute atomic E-state index is 6.29. The normalized spacial score (nSPS) is 11.6. The summed E-state index contributed by atoms with van der Waals surface area (Å²) in [5.41, 5.74) is 12.7. The number of furan rings is 1. The summed E-state index contributed by atoms with van der Waals surface area (Å²) in [6.07, 6.45) is 0. The molecular weight excluding hydrogens is 683 g/mol. The minimum atomic E-state index is 0.859. The smallest absolute Gasteiger partial charge is 0.135 e. The van der Waals surface area contributed by atoms with E-state index >= 15 is 0 Å². The van der Waals surface area contributed by atoms with Gasteiger partial charge >= 0.3 is 0 Å². The topological polar surface area (TPSA) is 42.2 Å². The Hall–Kier alpha value is -7.56. The van der Waals surface area contributed by atoms with E-state index in [1.165, 1.54) is 0 Å². The highest BCUT2D eigenvalue weighted by molar-refractivity contribution is 6.19. The van der Waals surface area contributed by atoms with Crippen LogP contribution in [0.25, 0.3) is 88.2 Å². The van der Waals surface area contributed by atoms with Gasteiger partial charge in [-0.05, 0) is 70.3 Å². The van der Waals surface area contributed by atoms with Crippen LogP contribution >= 0.6 is 0 Å². The monoisotopic (exact) mass is 715 g/mol. The fourth-order valence-electron chi connectivity index (χ4n) is 8.19. The van der Waals surface area contributed by atoms with Crippen LogP contribution in [0.4, 0.5) is 17.1 Å². The van der Waals surface area contributed by atoms with E-state index in [0.717, 1.165) is 105 Å². The van der Waals surface area contributed by atoms with Gasteiger partial charge in [-0.1, -0.05) is 152 Å². The van der Waals surface area contributed by atoms with Crippen LogP contribution in [0.2, 0.25) is 0 Å². The Morgan fingerprint density at radius 2 is 0.946 bits per heavy atom. The zero-order valence-corrected chi connectivity index (χ0v) is 30.3. The quantitative estimate of drug-likeness (QED) is 0.161. The number of hydrogen-bond acceptors (Lipinski definition) is 4. The predicted octanol–water partition coefficient (Wildman–Crippen LogP) is 14.3. The Morgan fingerprint density at radius 3 is 1.71 bits per heavy atom. The highest BCUT2D eigenvalue weighted by Crippen LogP contribution is 2.45. The summed E-state index contributed by atoms with van der Waals surface area (Å²) in [6, 6.07) is 70.3. The largest absolute Gasteiger partial charge is 0.456 e. The first-order valence-corrected chi connectivity index (χ1v) is 18.9. The SMILES string of the molecule is c1ccc(-c2ccccc2N(c2ccc3oc4ccccc4c3c2)c2ccc3ccc4ccc5nc(-c6ccccc6)c(-c6ccccc6)nc5c4c3c2)cc1. The van der Waals surface area contributed by atoms with Gasteiger partial charge in [-0.3, -0.25) is 0 Å². The van der Waals surface area contributed by atoms with Crippen molar-refractivity contribution in [1.82, 2.24) is 9.97 Å². The molecule has 0 saturated carbocycles. The van der Waals surface area contributed by atoms with Gasteiger partial charge in [-0.25, -0.2) is 9.97 Å². The first-order valence-electron chi connectivity index (χ1n) is 18.9. The van der Waals surface area contributed by atoms with Gasteiger partial charge in [0.2, 0.25) is 0 Å². The van der Waals surface area contributed by atoms with Crippen LogP contribution in [-0.2, 0) is 0 Å². The van der Waals surface area contributed by atoms with Crippen molar-refractivity contribution < 1.29 is 4.42 Å². The number of aromatic nitrogens is 2. The summed E-state index contributed by atoms with van der Waals surface area (Å²) in [6.45, 7) is 0. The van der Waals surface area contributed by atoms with Gasteiger partial charge in [0.15, 0.2) is 0 Å². The highest BCUT2D eigenvalue weighted by Gasteiger charge is 2.21. The van der Waals surface area contributed by atoms with Gasteiger partial charge in [0, 0.05) is 44.2 Å². The van der Waals surface area contributed by atoms with Gasteiger partial charge in [-0.15, -0.1) is 0 Å². The number of anilines is 3. The van der Waals surface area contributed by atoms with Gasteiger partial charge in [0.1, 0.15) is 11.2 Å². The Bertz CT molecular complexity index is 3250. The molecule has 0 aliphatic carbocycles. The Labute approximate surface area is 323 Å². The summed E-state index contributed by atoms with van der Waals surface area (Å²) in [5, 5.41) is 6.62. The Morgan fingerprint density at radius 1 is 0.393 bits per heavy atom. The maximum atomic E-state index is 6.29. The molecule has 56 heavy (non-hydrogen) atoms. The van der Waals surface area contributed by atoms with Crippen LogP contribution < -0.4 is 4.90 Å². The molecule has 0 aliphatic heterocycles. The van der Waals surface area contributed by atoms with E-state index in [1.807, 2.05) is 24.3 Å². The lowest BCUT2D eigenvalue weighted by molar-refractivity contribution is 0.669. The first-order chi connectivity index (χ1) is 27.8. The summed E-state index contributed by atoms with van der Waals surface area (Å²) < 4.78 is 6.29. The molecule has 4 nitrogen and oxygen atoms in total. The second kappa shape index (κ2) is 13.1. The molecule has 0 spiro atoms. The Kier molecular flexibility index (Phi) is 7.46. The molecule has 2 aromatic heterocycles. The highest BCUT2D eigenvalue weighted by atomic mass is 16.3. The fourth-order valence-corrected chi connectivity index (χ4v) is 8.19. The summed E-state index contributed by atoms with van der Waals surface area (Å²) in [7, 11) is 0. The van der Waals surface area contributed by atoms with Crippen LogP contribution in [0.3, 0.4) is 0 Å². The second-order valence-electron chi connectivity index (χ2n) is 14.2. The molecule has 9 aromatic carbocycles. The molecule has 0 radical (unpaired) electrons. The van der Waals surface area contributed by atoms with Crippen LogP contribution in [0.5, 0.6) is 0 Å². The summed E-state index contributed by atoms with van der Waals surface area (Å²) >= 11 is 0. The van der Waals surface area contributed by atoms with Crippen molar-refractivity contribution in [2.45, 2.75) is 0 Å². The van der Waals surface area contributed by atoms with Gasteiger partial charge in [0.25, 0.3) is 0 Å². The lowest BCUT2D eigenvalue weighted by Crippen LogP contribution is -2.11. The molecule has 4 heteroatoms. The van der Waals surface area contributed by atoms with Crippen molar-refractivity contribution in [2.24, 2.45) is 0 Å². The Balaban J connectivity index is 1.19. The van der Waals surface area contributed by atoms with E-state index in [0.29, 0.717) is 0 Å². The van der Waals surface area contributed by atoms with E-state index in [4.69, 9.17) is 14.4 Å². The number of benzene rings is 9. The van der Waals surface area contributed by atoms with E-state index in [-0.39, 0.29) is 0 Å². The zero-order valence-electron chi connectivity index (χ0n) is 30.3. The third kappa shape index (κ3) is 5.31. The molecule has 2 heterocycles. The number of para-hydroxylation sites is 2. The first kappa shape index (κ1) is 31.9. The minimum absolute atomic E-state index is 0.859. The molecule has 0 saturated heterocycles. The second-order valence-corrected chi connectivity index (χ2v) is 14.2. The minimum Gasteiger partial charge on any atom is -0.456 e. The third-order valence-corrected chi connectivity index (χ3v) is 10.8. The molecule has 0 fully saturated rings. The average molecular weight is 716 g/mol. The number of hydrogen-bond donors (Lipinski definition) is 0. The lowest BCUT2D eigenvalue weighted by Gasteiger charge is -2.28. The molecule has 0 amide bonds. The molecule has 0 atom stereocenters. The number of nitrogens with zero attached hydrogens (tertiary/aromatic N) is 3. The van der Waals surface area contributed by atoms with Crippen LogP contribution in [0.1, 0.15) is 0 Å². The van der Waals surface area contributed by atoms with E-state index in [1.54, 1.807) is 0 Å². The molecule has 0 N–H and O–H groups in total. The predicted molar refractivity (Wildman–Crippen MR) is 233 cm³/mol. The number of rotatable bonds is 6. The standard InChI is InChI=1S/C52H33N3O/c1-4-14-34(15-5-1)41-20-10-12-22-46(41)55(40-29-31-48-44(33-40)42-21-11-13-23-47(42)56-48)39-28-26-35-24-25-36-27-30-45-52(49(36)43(35)32-39)54-51(38-18-8-3-9-19-38)50(53-45)37-16-6-2-7-17-37/h1-33H. The van der Waals surface area contributed by atoms with Crippen molar-refractivity contribution >= 4 is 71.6 Å². The number of fused-ring (bicyclic) bond motifs is 8. The van der Waals surface area contributed by atoms with Crippen molar-refractivity contribution in [3.05, 3.63) is 200 Å². The van der Waals surface area contributed by atoms with Gasteiger partial charge in [0.05, 0.1) is 28.1 Å². The van der Waals surface area contributed by atoms with Crippen molar-refractivity contribution in [1.29, 1.82) is 0 Å².